The minimum atomic E-state index is 0.170. The molecule has 0 amide bonds. The van der Waals surface area contributed by atoms with Crippen molar-refractivity contribution in [1.82, 2.24) is 4.37 Å². The van der Waals surface area contributed by atoms with Crippen LogP contribution in [-0.4, -0.2) is 10.9 Å². The van der Waals surface area contributed by atoms with E-state index in [-0.39, 0.29) is 5.41 Å². The molecule has 0 unspecified atom stereocenters. The summed E-state index contributed by atoms with van der Waals surface area (Å²) in [7, 11) is 0. The molecular formula is C9H16N2S. The highest BCUT2D eigenvalue weighted by Gasteiger charge is 2.16. The maximum atomic E-state index is 5.46. The quantitative estimate of drug-likeness (QED) is 0.763. The Morgan fingerprint density at radius 1 is 1.50 bits per heavy atom. The monoisotopic (exact) mass is 184 g/mol. The van der Waals surface area contributed by atoms with Crippen LogP contribution in [0.3, 0.4) is 0 Å². The maximum Gasteiger partial charge on any atom is 0.0598 e. The highest BCUT2D eigenvalue weighted by atomic mass is 32.1. The van der Waals surface area contributed by atoms with Crippen molar-refractivity contribution < 1.29 is 0 Å². The molecule has 1 rings (SSSR count). The summed E-state index contributed by atoms with van der Waals surface area (Å²) in [6.45, 7) is 7.24. The first-order valence-corrected chi connectivity index (χ1v) is 4.97. The Labute approximate surface area is 78.0 Å². The minimum absolute atomic E-state index is 0.170. The molecule has 0 bridgehead atoms. The summed E-state index contributed by atoms with van der Waals surface area (Å²) < 4.78 is 4.39. The smallest absolute Gasteiger partial charge is 0.0598 e. The van der Waals surface area contributed by atoms with Crippen molar-refractivity contribution in [1.29, 1.82) is 0 Å². The van der Waals surface area contributed by atoms with Crippen LogP contribution in [0.4, 0.5) is 0 Å². The van der Waals surface area contributed by atoms with Crippen molar-refractivity contribution >= 4 is 11.5 Å². The molecule has 0 aromatic carbocycles. The van der Waals surface area contributed by atoms with E-state index in [1.54, 1.807) is 11.5 Å². The summed E-state index contributed by atoms with van der Waals surface area (Å²) in [5.74, 6) is 0. The van der Waals surface area contributed by atoms with Crippen LogP contribution in [0.25, 0.3) is 0 Å². The van der Waals surface area contributed by atoms with Gasteiger partial charge in [-0.2, -0.15) is 4.37 Å². The Morgan fingerprint density at radius 3 is 2.58 bits per heavy atom. The molecule has 0 saturated heterocycles. The molecule has 1 heterocycles. The van der Waals surface area contributed by atoms with Gasteiger partial charge >= 0.3 is 0 Å². The van der Waals surface area contributed by atoms with E-state index in [1.165, 1.54) is 10.6 Å². The molecule has 0 saturated carbocycles. The Bertz CT molecular complexity index is 247. The number of aromatic nitrogens is 1. The SMILES string of the molecule is CC(C)(C)c1cc(CCN)sn1. The normalized spacial score (nSPS) is 12.0. The lowest BCUT2D eigenvalue weighted by Gasteiger charge is -2.13. The van der Waals surface area contributed by atoms with Crippen LogP contribution in [-0.2, 0) is 11.8 Å². The van der Waals surface area contributed by atoms with Gasteiger partial charge in [-0.05, 0) is 30.6 Å². The maximum absolute atomic E-state index is 5.46. The first kappa shape index (κ1) is 9.68. The van der Waals surface area contributed by atoms with E-state index in [9.17, 15) is 0 Å². The predicted octanol–water partition coefficient (Wildman–Crippen LogP) is 1.94. The predicted molar refractivity (Wildman–Crippen MR) is 53.6 cm³/mol. The average molecular weight is 184 g/mol. The van der Waals surface area contributed by atoms with Crippen LogP contribution in [0, 0.1) is 0 Å². The Balaban J connectivity index is 2.77. The number of hydrogen-bond donors (Lipinski definition) is 1. The molecule has 12 heavy (non-hydrogen) atoms. The summed E-state index contributed by atoms with van der Waals surface area (Å²) in [6.07, 6.45) is 0.952. The highest BCUT2D eigenvalue weighted by Crippen LogP contribution is 2.23. The van der Waals surface area contributed by atoms with Gasteiger partial charge in [0.1, 0.15) is 0 Å². The van der Waals surface area contributed by atoms with Gasteiger partial charge in [0.2, 0.25) is 0 Å². The lowest BCUT2D eigenvalue weighted by atomic mass is 9.92. The van der Waals surface area contributed by atoms with E-state index < -0.39 is 0 Å². The van der Waals surface area contributed by atoms with E-state index >= 15 is 0 Å². The minimum Gasteiger partial charge on any atom is -0.330 e. The third kappa shape index (κ3) is 2.29. The van der Waals surface area contributed by atoms with Crippen LogP contribution in [0.15, 0.2) is 6.07 Å². The number of nitrogens with two attached hydrogens (primary N) is 1. The summed E-state index contributed by atoms with van der Waals surface area (Å²) in [4.78, 5) is 1.29. The molecular weight excluding hydrogens is 168 g/mol. The zero-order chi connectivity index (χ0) is 9.19. The Kier molecular flexibility index (Phi) is 2.85. The molecule has 1 aromatic rings. The van der Waals surface area contributed by atoms with Crippen LogP contribution in [0.5, 0.6) is 0 Å². The third-order valence-corrected chi connectivity index (χ3v) is 2.56. The van der Waals surface area contributed by atoms with Crippen LogP contribution < -0.4 is 5.73 Å². The van der Waals surface area contributed by atoms with Crippen LogP contribution in [0.1, 0.15) is 31.3 Å². The van der Waals surface area contributed by atoms with Crippen molar-refractivity contribution in [3.8, 4) is 0 Å². The van der Waals surface area contributed by atoms with Crippen molar-refractivity contribution in [2.75, 3.05) is 6.54 Å². The molecule has 0 radical (unpaired) electrons. The lowest BCUT2D eigenvalue weighted by Crippen LogP contribution is -2.11. The standard InChI is InChI=1S/C9H16N2S/c1-9(2,3)8-6-7(4-5-10)12-11-8/h6H,4-5,10H2,1-3H3. The van der Waals surface area contributed by atoms with Gasteiger partial charge in [0.15, 0.2) is 0 Å². The van der Waals surface area contributed by atoms with Gasteiger partial charge in [-0.3, -0.25) is 0 Å². The number of nitrogens with zero attached hydrogens (tertiary/aromatic N) is 1. The molecule has 1 aromatic heterocycles. The zero-order valence-corrected chi connectivity index (χ0v) is 8.74. The van der Waals surface area contributed by atoms with Crippen molar-refractivity contribution in [3.05, 3.63) is 16.6 Å². The Hall–Kier alpha value is -0.410. The molecule has 3 heteroatoms. The number of hydrogen-bond acceptors (Lipinski definition) is 3. The van der Waals surface area contributed by atoms with E-state index in [0.29, 0.717) is 6.54 Å². The first-order chi connectivity index (χ1) is 5.54. The molecule has 68 valence electrons. The highest BCUT2D eigenvalue weighted by molar-refractivity contribution is 7.05. The Morgan fingerprint density at radius 2 is 2.17 bits per heavy atom. The molecule has 2 N–H and O–H groups in total. The molecule has 0 aliphatic heterocycles. The molecule has 0 aliphatic carbocycles. The van der Waals surface area contributed by atoms with Gasteiger partial charge in [0, 0.05) is 10.3 Å². The lowest BCUT2D eigenvalue weighted by molar-refractivity contribution is 0.575. The van der Waals surface area contributed by atoms with Crippen LogP contribution in [0.2, 0.25) is 0 Å². The van der Waals surface area contributed by atoms with Gasteiger partial charge in [-0.15, -0.1) is 0 Å². The largest absolute Gasteiger partial charge is 0.330 e. The van der Waals surface area contributed by atoms with Crippen molar-refractivity contribution in [2.24, 2.45) is 5.73 Å². The van der Waals surface area contributed by atoms with Gasteiger partial charge in [0.05, 0.1) is 5.69 Å². The second-order valence-electron chi connectivity index (χ2n) is 3.97. The summed E-state index contributed by atoms with van der Waals surface area (Å²) in [6, 6.07) is 2.16. The fourth-order valence-electron chi connectivity index (χ4n) is 0.927. The molecule has 2 nitrogen and oxygen atoms in total. The number of rotatable bonds is 2. The van der Waals surface area contributed by atoms with Gasteiger partial charge in [0.25, 0.3) is 0 Å². The second-order valence-corrected chi connectivity index (χ2v) is 4.86. The van der Waals surface area contributed by atoms with Gasteiger partial charge in [-0.25, -0.2) is 0 Å². The van der Waals surface area contributed by atoms with Gasteiger partial charge < -0.3 is 5.73 Å². The van der Waals surface area contributed by atoms with Crippen molar-refractivity contribution in [3.63, 3.8) is 0 Å². The second kappa shape index (κ2) is 3.54. The topological polar surface area (TPSA) is 38.9 Å². The average Bonchev–Trinajstić information content (AvgIpc) is 2.35. The first-order valence-electron chi connectivity index (χ1n) is 4.20. The van der Waals surface area contributed by atoms with E-state index in [2.05, 4.69) is 31.2 Å². The fourth-order valence-corrected chi connectivity index (χ4v) is 1.84. The zero-order valence-electron chi connectivity index (χ0n) is 7.92. The van der Waals surface area contributed by atoms with Gasteiger partial charge in [-0.1, -0.05) is 20.8 Å². The van der Waals surface area contributed by atoms with E-state index in [4.69, 9.17) is 5.73 Å². The van der Waals surface area contributed by atoms with Crippen molar-refractivity contribution in [2.45, 2.75) is 32.6 Å². The summed E-state index contributed by atoms with van der Waals surface area (Å²) >= 11 is 1.57. The third-order valence-electron chi connectivity index (χ3n) is 1.72. The summed E-state index contributed by atoms with van der Waals surface area (Å²) in [5.41, 5.74) is 6.80. The van der Waals surface area contributed by atoms with Crippen LogP contribution >= 0.6 is 11.5 Å². The molecule has 0 aliphatic rings. The molecule has 0 spiro atoms. The fraction of sp³-hybridized carbons (Fsp3) is 0.667. The van der Waals surface area contributed by atoms with E-state index in [1.807, 2.05) is 0 Å². The molecule has 0 fully saturated rings. The molecule has 0 atom stereocenters. The summed E-state index contributed by atoms with van der Waals surface area (Å²) in [5, 5.41) is 0. The van der Waals surface area contributed by atoms with E-state index in [0.717, 1.165) is 6.42 Å².